The molecule has 1 aliphatic carbocycles. The van der Waals surface area contributed by atoms with Crippen molar-refractivity contribution in [3.05, 3.63) is 11.7 Å². The molecular formula is C14H25N3O2. The van der Waals surface area contributed by atoms with E-state index in [0.29, 0.717) is 12.0 Å². The minimum atomic E-state index is 0.222. The number of aliphatic hydroxyl groups is 1. The Morgan fingerprint density at radius 1 is 1.32 bits per heavy atom. The van der Waals surface area contributed by atoms with Gasteiger partial charge < -0.3 is 14.9 Å². The summed E-state index contributed by atoms with van der Waals surface area (Å²) >= 11 is 0. The minimum Gasteiger partial charge on any atom is -0.395 e. The Balaban J connectivity index is 1.81. The van der Waals surface area contributed by atoms with Gasteiger partial charge in [-0.3, -0.25) is 0 Å². The lowest BCUT2D eigenvalue weighted by Gasteiger charge is -2.30. The maximum Gasteiger partial charge on any atom is 0.229 e. The van der Waals surface area contributed by atoms with Crippen LogP contribution in [0.3, 0.4) is 0 Å². The second-order valence-corrected chi connectivity index (χ2v) is 5.41. The van der Waals surface area contributed by atoms with Crippen LogP contribution in [-0.2, 0) is 6.42 Å². The molecule has 0 bridgehead atoms. The van der Waals surface area contributed by atoms with E-state index in [1.165, 1.54) is 0 Å². The summed E-state index contributed by atoms with van der Waals surface area (Å²) in [4.78, 5) is 4.43. The second-order valence-electron chi connectivity index (χ2n) is 5.41. The highest BCUT2D eigenvalue weighted by Crippen LogP contribution is 2.32. The Kier molecular flexibility index (Phi) is 5.34. The van der Waals surface area contributed by atoms with Crippen LogP contribution in [0.1, 0.15) is 63.6 Å². The lowest BCUT2D eigenvalue weighted by atomic mass is 9.85. The van der Waals surface area contributed by atoms with Crippen LogP contribution in [0.5, 0.6) is 0 Å². The van der Waals surface area contributed by atoms with Gasteiger partial charge in [0, 0.05) is 24.4 Å². The van der Waals surface area contributed by atoms with Crippen molar-refractivity contribution in [2.45, 2.75) is 70.4 Å². The predicted octanol–water partition coefficient (Wildman–Crippen LogP) is 2.02. The summed E-state index contributed by atoms with van der Waals surface area (Å²) in [5.41, 5.74) is 0. The van der Waals surface area contributed by atoms with Gasteiger partial charge in [0.15, 0.2) is 5.82 Å². The van der Waals surface area contributed by atoms with Crippen molar-refractivity contribution in [3.63, 3.8) is 0 Å². The van der Waals surface area contributed by atoms with E-state index in [2.05, 4.69) is 22.4 Å². The molecule has 5 nitrogen and oxygen atoms in total. The maximum absolute atomic E-state index is 9.22. The summed E-state index contributed by atoms with van der Waals surface area (Å²) < 4.78 is 5.33. The molecule has 1 fully saturated rings. The van der Waals surface area contributed by atoms with E-state index in [-0.39, 0.29) is 12.6 Å². The lowest BCUT2D eigenvalue weighted by Crippen LogP contribution is -2.41. The van der Waals surface area contributed by atoms with Crippen molar-refractivity contribution < 1.29 is 9.63 Å². The highest BCUT2D eigenvalue weighted by molar-refractivity contribution is 4.97. The molecule has 1 aromatic heterocycles. The third-order valence-corrected chi connectivity index (χ3v) is 4.06. The van der Waals surface area contributed by atoms with Crippen LogP contribution < -0.4 is 5.32 Å². The summed E-state index contributed by atoms with van der Waals surface area (Å²) in [6.07, 6.45) is 6.21. The number of hydrogen-bond donors (Lipinski definition) is 2. The average Bonchev–Trinajstić information content (AvgIpc) is 2.94. The SMILES string of the molecule is CCc1noc(C2CCC(NC(CC)CO)CC2)n1. The molecule has 5 heteroatoms. The number of nitrogens with zero attached hydrogens (tertiary/aromatic N) is 2. The van der Waals surface area contributed by atoms with Crippen LogP contribution >= 0.6 is 0 Å². The molecule has 0 amide bonds. The summed E-state index contributed by atoms with van der Waals surface area (Å²) in [7, 11) is 0. The largest absolute Gasteiger partial charge is 0.395 e. The second kappa shape index (κ2) is 7.01. The average molecular weight is 267 g/mol. The Labute approximate surface area is 114 Å². The van der Waals surface area contributed by atoms with Gasteiger partial charge in [-0.25, -0.2) is 0 Å². The zero-order valence-corrected chi connectivity index (χ0v) is 11.9. The molecule has 0 spiro atoms. The lowest BCUT2D eigenvalue weighted by molar-refractivity contribution is 0.206. The van der Waals surface area contributed by atoms with E-state index in [1.54, 1.807) is 0 Å². The molecule has 0 radical (unpaired) electrons. The molecular weight excluding hydrogens is 242 g/mol. The number of aryl methyl sites for hydroxylation is 1. The van der Waals surface area contributed by atoms with Gasteiger partial charge >= 0.3 is 0 Å². The van der Waals surface area contributed by atoms with E-state index in [0.717, 1.165) is 50.2 Å². The Morgan fingerprint density at radius 3 is 2.58 bits per heavy atom. The summed E-state index contributed by atoms with van der Waals surface area (Å²) in [6, 6.07) is 0.749. The van der Waals surface area contributed by atoms with Gasteiger partial charge in [-0.1, -0.05) is 19.0 Å². The van der Waals surface area contributed by atoms with Crippen molar-refractivity contribution >= 4 is 0 Å². The van der Waals surface area contributed by atoms with Crippen LogP contribution in [0, 0.1) is 0 Å². The molecule has 108 valence electrons. The molecule has 1 atom stereocenters. The first-order valence-corrected chi connectivity index (χ1v) is 7.46. The van der Waals surface area contributed by atoms with Gasteiger partial charge in [0.1, 0.15) is 0 Å². The van der Waals surface area contributed by atoms with Gasteiger partial charge in [-0.15, -0.1) is 0 Å². The third kappa shape index (κ3) is 3.76. The fourth-order valence-electron chi connectivity index (χ4n) is 2.72. The Morgan fingerprint density at radius 2 is 2.05 bits per heavy atom. The van der Waals surface area contributed by atoms with Crippen LogP contribution in [0.25, 0.3) is 0 Å². The van der Waals surface area contributed by atoms with E-state index in [9.17, 15) is 5.11 Å². The molecule has 0 aliphatic heterocycles. The van der Waals surface area contributed by atoms with Gasteiger partial charge in [0.05, 0.1) is 6.61 Å². The normalized spacial score (nSPS) is 25.4. The number of aromatic nitrogens is 2. The van der Waals surface area contributed by atoms with Gasteiger partial charge in [0.2, 0.25) is 5.89 Å². The van der Waals surface area contributed by atoms with E-state index >= 15 is 0 Å². The maximum atomic E-state index is 9.22. The Hall–Kier alpha value is -0.940. The van der Waals surface area contributed by atoms with Crippen LogP contribution in [0.15, 0.2) is 4.52 Å². The van der Waals surface area contributed by atoms with Gasteiger partial charge in [-0.2, -0.15) is 4.98 Å². The van der Waals surface area contributed by atoms with Crippen molar-refractivity contribution in [1.82, 2.24) is 15.5 Å². The molecule has 19 heavy (non-hydrogen) atoms. The molecule has 0 saturated heterocycles. The number of rotatable bonds is 6. The number of aliphatic hydroxyl groups excluding tert-OH is 1. The molecule has 2 rings (SSSR count). The van der Waals surface area contributed by atoms with Crippen LogP contribution in [0.4, 0.5) is 0 Å². The van der Waals surface area contributed by atoms with Crippen LogP contribution in [0.2, 0.25) is 0 Å². The van der Waals surface area contributed by atoms with E-state index < -0.39 is 0 Å². The first-order chi connectivity index (χ1) is 9.26. The molecule has 1 aliphatic rings. The standard InChI is InChI=1S/C14H25N3O2/c1-3-11(9-18)15-12-7-5-10(6-8-12)14-16-13(4-2)17-19-14/h10-12,15,18H,3-9H2,1-2H3. The molecule has 1 aromatic rings. The van der Waals surface area contributed by atoms with Crippen molar-refractivity contribution in [2.24, 2.45) is 0 Å². The fourth-order valence-corrected chi connectivity index (χ4v) is 2.72. The first kappa shape index (κ1) is 14.5. The molecule has 1 saturated carbocycles. The van der Waals surface area contributed by atoms with E-state index in [1.807, 2.05) is 6.92 Å². The predicted molar refractivity (Wildman–Crippen MR) is 73.0 cm³/mol. The highest BCUT2D eigenvalue weighted by atomic mass is 16.5. The zero-order valence-electron chi connectivity index (χ0n) is 11.9. The number of hydrogen-bond acceptors (Lipinski definition) is 5. The summed E-state index contributed by atoms with van der Waals surface area (Å²) in [5.74, 6) is 2.03. The van der Waals surface area contributed by atoms with Crippen molar-refractivity contribution in [1.29, 1.82) is 0 Å². The number of nitrogens with one attached hydrogen (secondary N) is 1. The zero-order chi connectivity index (χ0) is 13.7. The van der Waals surface area contributed by atoms with Crippen molar-refractivity contribution in [2.75, 3.05) is 6.61 Å². The monoisotopic (exact) mass is 267 g/mol. The van der Waals surface area contributed by atoms with Crippen molar-refractivity contribution in [3.8, 4) is 0 Å². The first-order valence-electron chi connectivity index (χ1n) is 7.46. The molecule has 2 N–H and O–H groups in total. The smallest absolute Gasteiger partial charge is 0.229 e. The Bertz CT molecular complexity index is 369. The van der Waals surface area contributed by atoms with Gasteiger partial charge in [0.25, 0.3) is 0 Å². The van der Waals surface area contributed by atoms with E-state index in [4.69, 9.17) is 4.52 Å². The van der Waals surface area contributed by atoms with Crippen LogP contribution in [-0.4, -0.2) is 33.9 Å². The fraction of sp³-hybridized carbons (Fsp3) is 0.857. The topological polar surface area (TPSA) is 71.2 Å². The molecule has 1 heterocycles. The summed E-state index contributed by atoms with van der Waals surface area (Å²) in [6.45, 7) is 4.36. The third-order valence-electron chi connectivity index (χ3n) is 4.06. The minimum absolute atomic E-state index is 0.222. The van der Waals surface area contributed by atoms with Gasteiger partial charge in [-0.05, 0) is 32.1 Å². The molecule has 0 aromatic carbocycles. The highest BCUT2D eigenvalue weighted by Gasteiger charge is 2.27. The quantitative estimate of drug-likeness (QED) is 0.825. The summed E-state index contributed by atoms with van der Waals surface area (Å²) in [5, 5.41) is 16.7. The molecule has 1 unspecified atom stereocenters.